The van der Waals surface area contributed by atoms with Gasteiger partial charge in [0.2, 0.25) is 0 Å². The second kappa shape index (κ2) is 7.88. The first kappa shape index (κ1) is 18.4. The molecule has 0 saturated carbocycles. The molecule has 0 aliphatic heterocycles. The third-order valence-electron chi connectivity index (χ3n) is 4.32. The van der Waals surface area contributed by atoms with Gasteiger partial charge in [-0.3, -0.25) is 14.7 Å². The Hall–Kier alpha value is -2.38. The van der Waals surface area contributed by atoms with Crippen LogP contribution in [0.25, 0.3) is 10.2 Å². The summed E-state index contributed by atoms with van der Waals surface area (Å²) in [6.45, 7) is 5.63. The predicted octanol–water partition coefficient (Wildman–Crippen LogP) is 3.30. The number of thiazole rings is 1. The van der Waals surface area contributed by atoms with Gasteiger partial charge >= 0.3 is 0 Å². The molecule has 0 N–H and O–H groups in total. The number of aryl methyl sites for hydroxylation is 2. The van der Waals surface area contributed by atoms with Crippen molar-refractivity contribution in [1.82, 2.24) is 19.9 Å². The number of nitrogens with zero attached hydrogens (tertiary/aromatic N) is 5. The molecule has 0 aliphatic carbocycles. The maximum Gasteiger partial charge on any atom is 0.280 e. The van der Waals surface area contributed by atoms with Gasteiger partial charge in [-0.1, -0.05) is 17.4 Å². The van der Waals surface area contributed by atoms with Crippen molar-refractivity contribution in [3.05, 3.63) is 47.5 Å². The highest BCUT2D eigenvalue weighted by Gasteiger charge is 2.22. The molecule has 0 atom stereocenters. The number of aromatic nitrogens is 3. The summed E-state index contributed by atoms with van der Waals surface area (Å²) in [5, 5.41) is 0.711. The van der Waals surface area contributed by atoms with E-state index < -0.39 is 0 Å². The number of carbonyl (C=O) groups excluding carboxylic acids is 1. The van der Waals surface area contributed by atoms with Gasteiger partial charge in [-0.15, -0.1) is 0 Å². The summed E-state index contributed by atoms with van der Waals surface area (Å²) >= 11 is 1.54. The molecule has 0 fully saturated rings. The molecule has 0 bridgehead atoms. The molecule has 1 aromatic carbocycles. The lowest BCUT2D eigenvalue weighted by Crippen LogP contribution is -2.34. The van der Waals surface area contributed by atoms with E-state index in [2.05, 4.69) is 40.8 Å². The minimum atomic E-state index is -0.162. The smallest absolute Gasteiger partial charge is 0.280 e. The van der Waals surface area contributed by atoms with Gasteiger partial charge in [0.15, 0.2) is 5.13 Å². The van der Waals surface area contributed by atoms with Crippen LogP contribution in [0.4, 0.5) is 5.13 Å². The second-order valence-corrected chi connectivity index (χ2v) is 7.56. The zero-order valence-corrected chi connectivity index (χ0v) is 16.4. The molecule has 2 heterocycles. The quantitative estimate of drug-likeness (QED) is 0.667. The van der Waals surface area contributed by atoms with E-state index in [4.69, 9.17) is 4.98 Å². The van der Waals surface area contributed by atoms with Crippen LogP contribution in [0.15, 0.2) is 30.7 Å². The monoisotopic (exact) mass is 369 g/mol. The molecule has 26 heavy (non-hydrogen) atoms. The third kappa shape index (κ3) is 3.89. The molecule has 0 aliphatic rings. The second-order valence-electron chi connectivity index (χ2n) is 6.55. The van der Waals surface area contributed by atoms with Crippen molar-refractivity contribution in [2.75, 3.05) is 32.1 Å². The molecular formula is C19H23N5OS. The van der Waals surface area contributed by atoms with Crippen molar-refractivity contribution in [2.45, 2.75) is 20.3 Å². The van der Waals surface area contributed by atoms with Gasteiger partial charge in [0.1, 0.15) is 5.69 Å². The molecular weight excluding hydrogens is 346 g/mol. The SMILES string of the molecule is Cc1ccc2sc(N(CCCN(C)C)C(=O)c3cnccn3)nc2c1C. The molecule has 1 amide bonds. The van der Waals surface area contributed by atoms with Crippen molar-refractivity contribution in [2.24, 2.45) is 0 Å². The molecule has 2 aromatic heterocycles. The zero-order chi connectivity index (χ0) is 18.7. The summed E-state index contributed by atoms with van der Waals surface area (Å²) < 4.78 is 1.09. The maximum absolute atomic E-state index is 13.0. The lowest BCUT2D eigenvalue weighted by molar-refractivity contribution is 0.0981. The summed E-state index contributed by atoms with van der Waals surface area (Å²) in [6.07, 6.45) is 5.46. The number of hydrogen-bond donors (Lipinski definition) is 0. The van der Waals surface area contributed by atoms with Crippen LogP contribution in [-0.4, -0.2) is 52.9 Å². The molecule has 3 aromatic rings. The van der Waals surface area contributed by atoms with Crippen LogP contribution in [-0.2, 0) is 0 Å². The van der Waals surface area contributed by atoms with Crippen LogP contribution in [0.3, 0.4) is 0 Å². The normalized spacial score (nSPS) is 11.3. The number of hydrogen-bond acceptors (Lipinski definition) is 6. The Balaban J connectivity index is 1.97. The zero-order valence-electron chi connectivity index (χ0n) is 15.6. The fraction of sp³-hybridized carbons (Fsp3) is 0.368. The Morgan fingerprint density at radius 3 is 2.65 bits per heavy atom. The fourth-order valence-electron chi connectivity index (χ4n) is 2.71. The van der Waals surface area contributed by atoms with E-state index in [1.54, 1.807) is 22.4 Å². The predicted molar refractivity (Wildman–Crippen MR) is 106 cm³/mol. The van der Waals surface area contributed by atoms with Gasteiger partial charge in [0.05, 0.1) is 16.4 Å². The van der Waals surface area contributed by atoms with Crippen LogP contribution in [0, 0.1) is 13.8 Å². The largest absolute Gasteiger partial charge is 0.309 e. The lowest BCUT2D eigenvalue weighted by atomic mass is 10.1. The van der Waals surface area contributed by atoms with Crippen molar-refractivity contribution >= 4 is 32.6 Å². The first-order valence-corrected chi connectivity index (χ1v) is 9.38. The average Bonchev–Trinajstić information content (AvgIpc) is 3.06. The van der Waals surface area contributed by atoms with Crippen LogP contribution in [0.5, 0.6) is 0 Å². The van der Waals surface area contributed by atoms with E-state index in [9.17, 15) is 4.79 Å². The Labute approximate surface area is 157 Å². The van der Waals surface area contributed by atoms with E-state index in [0.29, 0.717) is 17.4 Å². The molecule has 0 spiro atoms. The Bertz CT molecular complexity index is 907. The molecule has 7 heteroatoms. The number of rotatable bonds is 6. The minimum absolute atomic E-state index is 0.162. The lowest BCUT2D eigenvalue weighted by Gasteiger charge is -2.20. The van der Waals surface area contributed by atoms with Crippen LogP contribution < -0.4 is 4.90 Å². The van der Waals surface area contributed by atoms with Gasteiger partial charge in [-0.2, -0.15) is 0 Å². The van der Waals surface area contributed by atoms with Crippen LogP contribution >= 0.6 is 11.3 Å². The fourth-order valence-corrected chi connectivity index (χ4v) is 3.76. The molecule has 3 rings (SSSR count). The van der Waals surface area contributed by atoms with Gasteiger partial charge in [0.25, 0.3) is 5.91 Å². The molecule has 0 unspecified atom stereocenters. The van der Waals surface area contributed by atoms with E-state index in [1.165, 1.54) is 18.0 Å². The van der Waals surface area contributed by atoms with E-state index in [-0.39, 0.29) is 5.91 Å². The summed E-state index contributed by atoms with van der Waals surface area (Å²) in [5.74, 6) is -0.162. The molecule has 0 radical (unpaired) electrons. The van der Waals surface area contributed by atoms with Crippen molar-refractivity contribution in [3.8, 4) is 0 Å². The molecule has 0 saturated heterocycles. The maximum atomic E-state index is 13.0. The molecule has 136 valence electrons. The van der Waals surface area contributed by atoms with Gasteiger partial charge < -0.3 is 4.90 Å². The number of benzene rings is 1. The summed E-state index contributed by atoms with van der Waals surface area (Å²) in [6, 6.07) is 4.17. The van der Waals surface area contributed by atoms with Gasteiger partial charge in [-0.05, 0) is 58.1 Å². The van der Waals surface area contributed by atoms with E-state index in [1.807, 2.05) is 14.1 Å². The number of anilines is 1. The summed E-state index contributed by atoms with van der Waals surface area (Å²) in [7, 11) is 4.05. The Morgan fingerprint density at radius 2 is 1.96 bits per heavy atom. The topological polar surface area (TPSA) is 62.2 Å². The molecule has 6 nitrogen and oxygen atoms in total. The number of fused-ring (bicyclic) bond motifs is 1. The van der Waals surface area contributed by atoms with Crippen LogP contribution in [0.2, 0.25) is 0 Å². The standard InChI is InChI=1S/C19H23N5OS/c1-13-6-7-16-17(14(13)2)22-19(26-16)24(11-5-10-23(3)4)18(25)15-12-20-8-9-21-15/h6-9,12H,5,10-11H2,1-4H3. The Morgan fingerprint density at radius 1 is 1.15 bits per heavy atom. The minimum Gasteiger partial charge on any atom is -0.309 e. The first-order valence-electron chi connectivity index (χ1n) is 8.56. The highest BCUT2D eigenvalue weighted by Crippen LogP contribution is 2.32. The van der Waals surface area contributed by atoms with Crippen molar-refractivity contribution < 1.29 is 4.79 Å². The number of carbonyl (C=O) groups is 1. The number of amides is 1. The highest BCUT2D eigenvalue weighted by molar-refractivity contribution is 7.22. The third-order valence-corrected chi connectivity index (χ3v) is 5.36. The summed E-state index contributed by atoms with van der Waals surface area (Å²) in [4.78, 5) is 29.8. The van der Waals surface area contributed by atoms with Crippen molar-refractivity contribution in [1.29, 1.82) is 0 Å². The van der Waals surface area contributed by atoms with Gasteiger partial charge in [-0.25, -0.2) is 9.97 Å². The first-order chi connectivity index (χ1) is 12.5. The Kier molecular flexibility index (Phi) is 5.58. The van der Waals surface area contributed by atoms with Crippen molar-refractivity contribution in [3.63, 3.8) is 0 Å². The summed E-state index contributed by atoms with van der Waals surface area (Å²) in [5.41, 5.74) is 3.66. The van der Waals surface area contributed by atoms with Crippen LogP contribution in [0.1, 0.15) is 28.0 Å². The van der Waals surface area contributed by atoms with E-state index in [0.717, 1.165) is 28.7 Å². The highest BCUT2D eigenvalue weighted by atomic mass is 32.1. The van der Waals surface area contributed by atoms with E-state index >= 15 is 0 Å². The average molecular weight is 369 g/mol. The van der Waals surface area contributed by atoms with Gasteiger partial charge in [0, 0.05) is 18.9 Å².